The number of primary amides is 1. The number of ether oxygens (including phenoxy) is 1. The highest BCUT2D eigenvalue weighted by Crippen LogP contribution is 2.04. The predicted octanol–water partition coefficient (Wildman–Crippen LogP) is 0.242. The van der Waals surface area contributed by atoms with Gasteiger partial charge >= 0.3 is 6.09 Å². The number of hydrogen-bond acceptors (Lipinski definition) is 3. The van der Waals surface area contributed by atoms with Crippen LogP contribution in [0.15, 0.2) is 0 Å². The summed E-state index contributed by atoms with van der Waals surface area (Å²) in [6, 6.07) is -0.646. The van der Waals surface area contributed by atoms with Crippen LogP contribution in [0.25, 0.3) is 0 Å². The molecule has 0 heterocycles. The zero-order valence-electron chi connectivity index (χ0n) is 8.16. The van der Waals surface area contributed by atoms with Gasteiger partial charge in [0, 0.05) is 0 Å². The van der Waals surface area contributed by atoms with E-state index in [1.54, 1.807) is 0 Å². The van der Waals surface area contributed by atoms with Gasteiger partial charge in [-0.2, -0.15) is 0 Å². The Bertz CT molecular complexity index is 192. The number of nitrogens with two attached hydrogens (primary N) is 1. The van der Waals surface area contributed by atoms with E-state index in [1.807, 2.05) is 13.8 Å². The normalized spacial score (nSPS) is 12.3. The first-order valence-corrected chi connectivity index (χ1v) is 4.11. The Labute approximate surface area is 77.6 Å². The molecule has 0 bridgehead atoms. The SMILES string of the molecule is COC(=O)NC(CC(C)C)C(N)=O. The number of methoxy groups -OCH3 is 1. The highest BCUT2D eigenvalue weighted by atomic mass is 16.5. The maximum Gasteiger partial charge on any atom is 0.407 e. The number of alkyl carbamates (subject to hydrolysis) is 1. The maximum atomic E-state index is 10.8. The third-order valence-electron chi connectivity index (χ3n) is 1.53. The lowest BCUT2D eigenvalue weighted by molar-refractivity contribution is -0.120. The van der Waals surface area contributed by atoms with Crippen molar-refractivity contribution in [1.82, 2.24) is 5.32 Å². The third-order valence-corrected chi connectivity index (χ3v) is 1.53. The molecule has 13 heavy (non-hydrogen) atoms. The molecule has 0 saturated carbocycles. The van der Waals surface area contributed by atoms with Crippen molar-refractivity contribution in [2.75, 3.05) is 7.11 Å². The molecule has 2 amide bonds. The zero-order chi connectivity index (χ0) is 10.4. The van der Waals surface area contributed by atoms with Crippen molar-refractivity contribution in [2.24, 2.45) is 11.7 Å². The summed E-state index contributed by atoms with van der Waals surface area (Å²) >= 11 is 0. The lowest BCUT2D eigenvalue weighted by Crippen LogP contribution is -2.45. The molecule has 0 aromatic heterocycles. The van der Waals surface area contributed by atoms with Crippen molar-refractivity contribution in [3.05, 3.63) is 0 Å². The molecule has 3 N–H and O–H groups in total. The van der Waals surface area contributed by atoms with Crippen LogP contribution in [0.2, 0.25) is 0 Å². The second kappa shape index (κ2) is 5.40. The lowest BCUT2D eigenvalue weighted by atomic mass is 10.0. The van der Waals surface area contributed by atoms with Gasteiger partial charge in [0.05, 0.1) is 7.11 Å². The molecular formula is C8H16N2O3. The molecule has 0 aliphatic rings. The van der Waals surface area contributed by atoms with Crippen LogP contribution in [0.5, 0.6) is 0 Å². The van der Waals surface area contributed by atoms with Crippen molar-refractivity contribution in [3.8, 4) is 0 Å². The minimum Gasteiger partial charge on any atom is -0.453 e. The molecule has 0 spiro atoms. The fourth-order valence-electron chi connectivity index (χ4n) is 0.919. The summed E-state index contributed by atoms with van der Waals surface area (Å²) in [5.41, 5.74) is 5.08. The van der Waals surface area contributed by atoms with Crippen LogP contribution in [0.1, 0.15) is 20.3 Å². The Morgan fingerprint density at radius 2 is 2.00 bits per heavy atom. The summed E-state index contributed by atoms with van der Waals surface area (Å²) in [5.74, 6) is -0.256. The minimum absolute atomic E-state index is 0.287. The molecule has 1 atom stereocenters. The molecule has 0 saturated heterocycles. The fraction of sp³-hybridized carbons (Fsp3) is 0.750. The molecule has 5 nitrogen and oxygen atoms in total. The van der Waals surface area contributed by atoms with Gasteiger partial charge in [-0.1, -0.05) is 13.8 Å². The second-order valence-corrected chi connectivity index (χ2v) is 3.22. The molecule has 0 aliphatic heterocycles. The van der Waals surface area contributed by atoms with Gasteiger partial charge in [0.1, 0.15) is 6.04 Å². The minimum atomic E-state index is -0.646. The van der Waals surface area contributed by atoms with E-state index in [-0.39, 0.29) is 5.92 Å². The van der Waals surface area contributed by atoms with Crippen LogP contribution in [-0.4, -0.2) is 25.2 Å². The smallest absolute Gasteiger partial charge is 0.407 e. The summed E-state index contributed by atoms with van der Waals surface area (Å²) in [5, 5.41) is 2.36. The van der Waals surface area contributed by atoms with Crippen LogP contribution in [-0.2, 0) is 9.53 Å². The van der Waals surface area contributed by atoms with Crippen LogP contribution < -0.4 is 11.1 Å². The molecule has 0 aliphatic carbocycles. The van der Waals surface area contributed by atoms with E-state index in [1.165, 1.54) is 7.11 Å². The van der Waals surface area contributed by atoms with Crippen molar-refractivity contribution < 1.29 is 14.3 Å². The molecule has 0 fully saturated rings. The molecular weight excluding hydrogens is 172 g/mol. The zero-order valence-corrected chi connectivity index (χ0v) is 8.16. The van der Waals surface area contributed by atoms with Crippen molar-refractivity contribution in [2.45, 2.75) is 26.3 Å². The molecule has 0 aromatic carbocycles. The van der Waals surface area contributed by atoms with E-state index in [0.717, 1.165) is 0 Å². The highest BCUT2D eigenvalue weighted by molar-refractivity contribution is 5.84. The van der Waals surface area contributed by atoms with Gasteiger partial charge in [-0.25, -0.2) is 4.79 Å². The third kappa shape index (κ3) is 5.05. The Morgan fingerprint density at radius 3 is 2.31 bits per heavy atom. The molecule has 1 unspecified atom stereocenters. The van der Waals surface area contributed by atoms with Crippen molar-refractivity contribution in [1.29, 1.82) is 0 Å². The number of nitrogens with one attached hydrogen (secondary N) is 1. The van der Waals surface area contributed by atoms with Crippen LogP contribution in [0.4, 0.5) is 4.79 Å². The van der Waals surface area contributed by atoms with E-state index in [4.69, 9.17) is 5.73 Å². The fourth-order valence-corrected chi connectivity index (χ4v) is 0.919. The summed E-state index contributed by atoms with van der Waals surface area (Å²) in [7, 11) is 1.24. The number of rotatable bonds is 4. The molecule has 5 heteroatoms. The summed E-state index contributed by atoms with van der Waals surface area (Å²) in [6.45, 7) is 3.88. The number of carbonyl (C=O) groups excluding carboxylic acids is 2. The van der Waals surface area contributed by atoms with Crippen LogP contribution >= 0.6 is 0 Å². The van der Waals surface area contributed by atoms with E-state index < -0.39 is 18.0 Å². The van der Waals surface area contributed by atoms with Gasteiger partial charge in [-0.15, -0.1) is 0 Å². The first-order valence-electron chi connectivity index (χ1n) is 4.11. The van der Waals surface area contributed by atoms with Gasteiger partial charge in [0.25, 0.3) is 0 Å². The Morgan fingerprint density at radius 1 is 1.46 bits per heavy atom. The largest absolute Gasteiger partial charge is 0.453 e. The van der Waals surface area contributed by atoms with Gasteiger partial charge < -0.3 is 15.8 Å². The monoisotopic (exact) mass is 188 g/mol. The molecule has 0 radical (unpaired) electrons. The molecule has 0 aromatic rings. The topological polar surface area (TPSA) is 81.4 Å². The number of hydrogen-bond donors (Lipinski definition) is 2. The molecule has 76 valence electrons. The lowest BCUT2D eigenvalue weighted by Gasteiger charge is -2.16. The van der Waals surface area contributed by atoms with Crippen LogP contribution in [0.3, 0.4) is 0 Å². The average molecular weight is 188 g/mol. The van der Waals surface area contributed by atoms with E-state index in [2.05, 4.69) is 10.1 Å². The maximum absolute atomic E-state index is 10.8. The first kappa shape index (κ1) is 11.7. The quantitative estimate of drug-likeness (QED) is 0.663. The standard InChI is InChI=1S/C8H16N2O3/c1-5(2)4-6(7(9)11)10-8(12)13-3/h5-6H,4H2,1-3H3,(H2,9,11)(H,10,12). The average Bonchev–Trinajstić information content (AvgIpc) is 2.02. The highest BCUT2D eigenvalue weighted by Gasteiger charge is 2.19. The van der Waals surface area contributed by atoms with E-state index in [0.29, 0.717) is 6.42 Å². The number of carbonyl (C=O) groups is 2. The van der Waals surface area contributed by atoms with Crippen molar-refractivity contribution >= 4 is 12.0 Å². The Hall–Kier alpha value is -1.26. The van der Waals surface area contributed by atoms with E-state index in [9.17, 15) is 9.59 Å². The predicted molar refractivity (Wildman–Crippen MR) is 48.0 cm³/mol. The summed E-state index contributed by atoms with van der Waals surface area (Å²) in [4.78, 5) is 21.6. The molecule has 0 rings (SSSR count). The number of amides is 2. The summed E-state index contributed by atoms with van der Waals surface area (Å²) in [6.07, 6.45) is -0.116. The van der Waals surface area contributed by atoms with Gasteiger partial charge in [-0.3, -0.25) is 4.79 Å². The van der Waals surface area contributed by atoms with Crippen LogP contribution in [0, 0.1) is 5.92 Å². The van der Waals surface area contributed by atoms with Crippen molar-refractivity contribution in [3.63, 3.8) is 0 Å². The Kier molecular flexibility index (Phi) is 4.87. The Balaban J connectivity index is 4.10. The first-order chi connectivity index (χ1) is 5.97. The van der Waals surface area contributed by atoms with Gasteiger partial charge in [0.15, 0.2) is 0 Å². The summed E-state index contributed by atoms with van der Waals surface area (Å²) < 4.78 is 4.35. The van der Waals surface area contributed by atoms with Gasteiger partial charge in [-0.05, 0) is 12.3 Å². The van der Waals surface area contributed by atoms with Gasteiger partial charge in [0.2, 0.25) is 5.91 Å². The van der Waals surface area contributed by atoms with E-state index >= 15 is 0 Å². The second-order valence-electron chi connectivity index (χ2n) is 3.22.